The molecule has 152 valence electrons. The minimum atomic E-state index is -3.61. The topological polar surface area (TPSA) is 138 Å². The minimum absolute atomic E-state index is 0.0137. The van der Waals surface area contributed by atoms with Crippen molar-refractivity contribution in [2.75, 3.05) is 11.9 Å². The van der Waals surface area contributed by atoms with Crippen molar-refractivity contribution in [1.29, 1.82) is 0 Å². The van der Waals surface area contributed by atoms with Crippen molar-refractivity contribution in [2.45, 2.75) is 22.8 Å². The number of aliphatic hydroxyl groups excluding tert-OH is 1. The third kappa shape index (κ3) is 4.56. The lowest BCUT2D eigenvalue weighted by Crippen LogP contribution is -2.24. The van der Waals surface area contributed by atoms with Crippen LogP contribution < -0.4 is 16.6 Å². The fourth-order valence-corrected chi connectivity index (χ4v) is 4.60. The molecule has 0 aliphatic rings. The predicted molar refractivity (Wildman–Crippen MR) is 114 cm³/mol. The van der Waals surface area contributed by atoms with Gasteiger partial charge in [0.15, 0.2) is 0 Å². The highest BCUT2D eigenvalue weighted by molar-refractivity contribution is 7.91. The van der Waals surface area contributed by atoms with Crippen LogP contribution in [0.15, 0.2) is 74.2 Å². The molecule has 1 heterocycles. The summed E-state index contributed by atoms with van der Waals surface area (Å²) in [6.45, 7) is 1.48. The van der Waals surface area contributed by atoms with Crippen molar-refractivity contribution in [3.8, 4) is 0 Å². The SMILES string of the molecule is CC(CO)N=C(N)c1c(Nc2ccc(S(=O)(=O)c3ccccc3)cc2)s[nH]c1=O. The second kappa shape index (κ2) is 8.60. The summed E-state index contributed by atoms with van der Waals surface area (Å²) in [7, 11) is -3.61. The van der Waals surface area contributed by atoms with Gasteiger partial charge in [0.1, 0.15) is 16.4 Å². The van der Waals surface area contributed by atoms with E-state index in [4.69, 9.17) is 10.8 Å². The Morgan fingerprint density at radius 2 is 1.79 bits per heavy atom. The zero-order chi connectivity index (χ0) is 21.0. The molecule has 10 heteroatoms. The van der Waals surface area contributed by atoms with Crippen LogP contribution in [0.3, 0.4) is 0 Å². The number of amidine groups is 1. The molecule has 0 fully saturated rings. The number of aromatic nitrogens is 1. The summed E-state index contributed by atoms with van der Waals surface area (Å²) in [5, 5.41) is 12.6. The molecule has 0 amide bonds. The average Bonchev–Trinajstić information content (AvgIpc) is 3.09. The van der Waals surface area contributed by atoms with Crippen molar-refractivity contribution in [3.05, 3.63) is 70.5 Å². The number of nitrogens with zero attached hydrogens (tertiary/aromatic N) is 1. The molecule has 8 nitrogen and oxygen atoms in total. The molecule has 0 saturated heterocycles. The highest BCUT2D eigenvalue weighted by Gasteiger charge is 2.18. The average molecular weight is 433 g/mol. The van der Waals surface area contributed by atoms with Gasteiger partial charge in [-0.1, -0.05) is 18.2 Å². The second-order valence-electron chi connectivity index (χ2n) is 6.25. The third-order valence-corrected chi connectivity index (χ3v) is 6.64. The third-order valence-electron chi connectivity index (χ3n) is 4.06. The fraction of sp³-hybridized carbons (Fsp3) is 0.158. The van der Waals surface area contributed by atoms with Crippen LogP contribution in [0.25, 0.3) is 0 Å². The first-order chi connectivity index (χ1) is 13.8. The first-order valence-electron chi connectivity index (χ1n) is 8.66. The molecule has 1 unspecified atom stereocenters. The minimum Gasteiger partial charge on any atom is -0.394 e. The molecule has 0 spiro atoms. The zero-order valence-electron chi connectivity index (χ0n) is 15.5. The van der Waals surface area contributed by atoms with Crippen LogP contribution in [0.5, 0.6) is 0 Å². The van der Waals surface area contributed by atoms with E-state index in [9.17, 15) is 13.2 Å². The number of rotatable bonds is 7. The van der Waals surface area contributed by atoms with Crippen LogP contribution in [-0.4, -0.2) is 36.4 Å². The lowest BCUT2D eigenvalue weighted by atomic mass is 10.2. The van der Waals surface area contributed by atoms with Gasteiger partial charge >= 0.3 is 0 Å². The molecule has 0 aliphatic carbocycles. The monoisotopic (exact) mass is 432 g/mol. The maximum Gasteiger partial charge on any atom is 0.271 e. The van der Waals surface area contributed by atoms with Gasteiger partial charge in [-0.2, -0.15) is 0 Å². The van der Waals surface area contributed by atoms with E-state index in [2.05, 4.69) is 14.7 Å². The van der Waals surface area contributed by atoms with Crippen LogP contribution >= 0.6 is 11.5 Å². The van der Waals surface area contributed by atoms with Crippen LogP contribution in [-0.2, 0) is 9.84 Å². The molecule has 3 aromatic rings. The maximum atomic E-state index is 12.7. The Labute approximate surface area is 171 Å². The summed E-state index contributed by atoms with van der Waals surface area (Å²) in [6.07, 6.45) is 0. The quantitative estimate of drug-likeness (QED) is 0.333. The number of nitrogens with two attached hydrogens (primary N) is 1. The zero-order valence-corrected chi connectivity index (χ0v) is 17.1. The number of nitrogens with one attached hydrogen (secondary N) is 2. The molecule has 1 atom stereocenters. The molecule has 0 bridgehead atoms. The summed E-state index contributed by atoms with van der Waals surface area (Å²) >= 11 is 1.05. The molecule has 0 aliphatic heterocycles. The highest BCUT2D eigenvalue weighted by Crippen LogP contribution is 2.26. The van der Waals surface area contributed by atoms with Gasteiger partial charge in [0.25, 0.3) is 5.56 Å². The Morgan fingerprint density at radius 3 is 2.41 bits per heavy atom. The van der Waals surface area contributed by atoms with E-state index in [1.54, 1.807) is 49.4 Å². The van der Waals surface area contributed by atoms with E-state index in [0.29, 0.717) is 10.7 Å². The number of aliphatic imine (C=N–C) groups is 1. The molecule has 0 radical (unpaired) electrons. The second-order valence-corrected chi connectivity index (χ2v) is 9.02. The number of hydrogen-bond donors (Lipinski definition) is 4. The largest absolute Gasteiger partial charge is 0.394 e. The summed E-state index contributed by atoms with van der Waals surface area (Å²) in [6, 6.07) is 13.9. The van der Waals surface area contributed by atoms with Crippen LogP contribution in [0, 0.1) is 0 Å². The summed E-state index contributed by atoms with van der Waals surface area (Å²) < 4.78 is 27.9. The Balaban J connectivity index is 1.87. The van der Waals surface area contributed by atoms with Crippen molar-refractivity contribution in [2.24, 2.45) is 10.7 Å². The van der Waals surface area contributed by atoms with Crippen molar-refractivity contribution in [3.63, 3.8) is 0 Å². The van der Waals surface area contributed by atoms with E-state index in [1.807, 2.05) is 0 Å². The van der Waals surface area contributed by atoms with E-state index in [1.165, 1.54) is 12.1 Å². The molecule has 3 rings (SSSR count). The molecule has 29 heavy (non-hydrogen) atoms. The van der Waals surface area contributed by atoms with Gasteiger partial charge in [-0.05, 0) is 54.9 Å². The van der Waals surface area contributed by atoms with Crippen LogP contribution in [0.1, 0.15) is 12.5 Å². The fourth-order valence-electron chi connectivity index (χ4n) is 2.55. The number of aromatic amines is 1. The van der Waals surface area contributed by atoms with E-state index < -0.39 is 21.4 Å². The van der Waals surface area contributed by atoms with Gasteiger partial charge in [-0.25, -0.2) is 8.42 Å². The number of aliphatic hydroxyl groups is 1. The first-order valence-corrected chi connectivity index (χ1v) is 11.0. The Bertz CT molecular complexity index is 1170. The Morgan fingerprint density at radius 1 is 1.17 bits per heavy atom. The van der Waals surface area contributed by atoms with Gasteiger partial charge < -0.3 is 16.2 Å². The van der Waals surface area contributed by atoms with Gasteiger partial charge in [0, 0.05) is 5.69 Å². The van der Waals surface area contributed by atoms with Crippen LogP contribution in [0.4, 0.5) is 10.7 Å². The number of benzene rings is 2. The number of hydrogen-bond acceptors (Lipinski definition) is 7. The summed E-state index contributed by atoms with van der Waals surface area (Å²) in [5.74, 6) is 0.0137. The maximum absolute atomic E-state index is 12.7. The van der Waals surface area contributed by atoms with E-state index in [-0.39, 0.29) is 27.8 Å². The Kier molecular flexibility index (Phi) is 6.16. The lowest BCUT2D eigenvalue weighted by Gasteiger charge is -2.09. The molecule has 1 aromatic heterocycles. The van der Waals surface area contributed by atoms with Gasteiger partial charge in [0.2, 0.25) is 9.84 Å². The molecular formula is C19H20N4O4S2. The Hall–Kier alpha value is -2.95. The molecular weight excluding hydrogens is 412 g/mol. The molecule has 5 N–H and O–H groups in total. The van der Waals surface area contributed by atoms with Gasteiger partial charge in [-0.15, -0.1) is 0 Å². The molecule has 0 saturated carbocycles. The normalized spacial score (nSPS) is 13.2. The first kappa shape index (κ1) is 20.8. The van der Waals surface area contributed by atoms with E-state index in [0.717, 1.165) is 11.5 Å². The number of sulfone groups is 1. The molecule has 2 aromatic carbocycles. The van der Waals surface area contributed by atoms with Gasteiger partial charge in [-0.3, -0.25) is 14.2 Å². The van der Waals surface area contributed by atoms with Crippen LogP contribution in [0.2, 0.25) is 0 Å². The van der Waals surface area contributed by atoms with Crippen molar-refractivity contribution in [1.82, 2.24) is 4.37 Å². The van der Waals surface area contributed by atoms with Crippen molar-refractivity contribution < 1.29 is 13.5 Å². The predicted octanol–water partition coefficient (Wildman–Crippen LogP) is 2.10. The number of anilines is 2. The van der Waals surface area contributed by atoms with Crippen molar-refractivity contribution >= 4 is 37.9 Å². The lowest BCUT2D eigenvalue weighted by molar-refractivity contribution is 0.274. The summed E-state index contributed by atoms with van der Waals surface area (Å²) in [5.41, 5.74) is 6.28. The standard InChI is InChI=1S/C19H20N4O4S2/c1-12(11-24)21-17(20)16-18(25)23-28-19(16)22-13-7-9-15(10-8-13)29(26,27)14-5-3-2-4-6-14/h2-10,12,22,24H,11H2,1H3,(H2,20,21)(H,23,25). The highest BCUT2D eigenvalue weighted by atomic mass is 32.2. The smallest absolute Gasteiger partial charge is 0.271 e. The summed E-state index contributed by atoms with van der Waals surface area (Å²) in [4.78, 5) is 16.6. The van der Waals surface area contributed by atoms with Gasteiger partial charge in [0.05, 0.1) is 22.4 Å². The van der Waals surface area contributed by atoms with E-state index >= 15 is 0 Å². The number of H-pyrrole nitrogens is 1.